The number of carbonyl (C=O) groups is 1. The molecule has 0 amide bonds. The fraction of sp³-hybridized carbons (Fsp3) is 0.111. The van der Waals surface area contributed by atoms with Gasteiger partial charge in [0.2, 0.25) is 0 Å². The van der Waals surface area contributed by atoms with Crippen molar-refractivity contribution in [3.63, 3.8) is 0 Å². The van der Waals surface area contributed by atoms with E-state index < -0.39 is 0 Å². The van der Waals surface area contributed by atoms with E-state index in [4.69, 9.17) is 0 Å². The van der Waals surface area contributed by atoms with E-state index in [9.17, 15) is 4.79 Å². The van der Waals surface area contributed by atoms with Gasteiger partial charge in [-0.1, -0.05) is 12.1 Å². The van der Waals surface area contributed by atoms with Crippen molar-refractivity contribution in [1.82, 2.24) is 20.2 Å². The van der Waals surface area contributed by atoms with Gasteiger partial charge in [-0.3, -0.25) is 4.79 Å². The zero-order chi connectivity index (χ0) is 9.97. The van der Waals surface area contributed by atoms with Gasteiger partial charge in [0.15, 0.2) is 12.1 Å². The Morgan fingerprint density at radius 2 is 2.14 bits per heavy atom. The summed E-state index contributed by atoms with van der Waals surface area (Å²) in [4.78, 5) is 10.8. The van der Waals surface area contributed by atoms with Crippen LogP contribution in [0.25, 0.3) is 5.69 Å². The van der Waals surface area contributed by atoms with E-state index in [0.717, 1.165) is 6.29 Å². The lowest BCUT2D eigenvalue weighted by Gasteiger charge is -2.03. The third-order valence-electron chi connectivity index (χ3n) is 1.92. The van der Waals surface area contributed by atoms with Crippen molar-refractivity contribution in [2.24, 2.45) is 0 Å². The van der Waals surface area contributed by atoms with Crippen molar-refractivity contribution in [3.05, 3.63) is 35.7 Å². The number of nitrogens with zero attached hydrogens (tertiary/aromatic N) is 4. The Morgan fingerprint density at radius 1 is 1.36 bits per heavy atom. The van der Waals surface area contributed by atoms with Gasteiger partial charge in [0.05, 0.1) is 5.69 Å². The molecule has 0 aliphatic carbocycles. The van der Waals surface area contributed by atoms with Crippen molar-refractivity contribution in [3.8, 4) is 5.69 Å². The monoisotopic (exact) mass is 188 g/mol. The number of aromatic nitrogens is 4. The highest BCUT2D eigenvalue weighted by Crippen LogP contribution is 2.11. The lowest BCUT2D eigenvalue weighted by Crippen LogP contribution is -2.02. The molecule has 1 heterocycles. The molecule has 2 rings (SSSR count). The molecule has 0 spiro atoms. The zero-order valence-electron chi connectivity index (χ0n) is 7.58. The van der Waals surface area contributed by atoms with Gasteiger partial charge in [0.25, 0.3) is 0 Å². The second kappa shape index (κ2) is 3.37. The lowest BCUT2D eigenvalue weighted by molar-refractivity contribution is 0.112. The summed E-state index contributed by atoms with van der Waals surface area (Å²) in [5.41, 5.74) is 1.27. The van der Waals surface area contributed by atoms with Crippen molar-refractivity contribution in [2.45, 2.75) is 6.92 Å². The summed E-state index contributed by atoms with van der Waals surface area (Å²) in [6, 6.07) is 7.16. The topological polar surface area (TPSA) is 60.7 Å². The van der Waals surface area contributed by atoms with Gasteiger partial charge in [0.1, 0.15) is 0 Å². The predicted molar refractivity (Wildman–Crippen MR) is 49.3 cm³/mol. The maximum Gasteiger partial charge on any atom is 0.153 e. The fourth-order valence-corrected chi connectivity index (χ4v) is 1.23. The van der Waals surface area contributed by atoms with Gasteiger partial charge < -0.3 is 0 Å². The minimum atomic E-state index is 0.572. The first-order chi connectivity index (χ1) is 6.83. The Labute approximate surface area is 80.4 Å². The number of hydrogen-bond donors (Lipinski definition) is 0. The third-order valence-corrected chi connectivity index (χ3v) is 1.92. The summed E-state index contributed by atoms with van der Waals surface area (Å²) >= 11 is 0. The Bertz CT molecular complexity index is 463. The van der Waals surface area contributed by atoms with Crippen molar-refractivity contribution in [1.29, 1.82) is 0 Å². The Hall–Kier alpha value is -2.04. The highest BCUT2D eigenvalue weighted by Gasteiger charge is 2.06. The molecular formula is C9H8N4O. The molecule has 0 aliphatic rings. The van der Waals surface area contributed by atoms with Gasteiger partial charge >= 0.3 is 0 Å². The average Bonchev–Trinajstić information content (AvgIpc) is 2.64. The normalized spacial score (nSPS) is 10.1. The third kappa shape index (κ3) is 1.28. The molecule has 0 unspecified atom stereocenters. The largest absolute Gasteiger partial charge is 0.298 e. The van der Waals surface area contributed by atoms with Crippen LogP contribution >= 0.6 is 0 Å². The zero-order valence-corrected chi connectivity index (χ0v) is 7.58. The number of hydrogen-bond acceptors (Lipinski definition) is 4. The second-order valence-electron chi connectivity index (χ2n) is 2.81. The minimum absolute atomic E-state index is 0.572. The molecule has 2 aromatic rings. The highest BCUT2D eigenvalue weighted by atomic mass is 16.1. The summed E-state index contributed by atoms with van der Waals surface area (Å²) < 4.78 is 1.53. The number of aldehydes is 1. The number of rotatable bonds is 2. The first-order valence-electron chi connectivity index (χ1n) is 4.12. The first kappa shape index (κ1) is 8.55. The van der Waals surface area contributed by atoms with Crippen molar-refractivity contribution >= 4 is 6.29 Å². The van der Waals surface area contributed by atoms with Crippen LogP contribution in [0.5, 0.6) is 0 Å². The summed E-state index contributed by atoms with van der Waals surface area (Å²) in [5, 5.41) is 11.1. The summed E-state index contributed by atoms with van der Waals surface area (Å²) in [7, 11) is 0. The van der Waals surface area contributed by atoms with Gasteiger partial charge in [-0.25, -0.2) is 0 Å². The van der Waals surface area contributed by atoms with Gasteiger partial charge in [-0.15, -0.1) is 5.10 Å². The van der Waals surface area contributed by atoms with E-state index in [0.29, 0.717) is 17.1 Å². The van der Waals surface area contributed by atoms with Crippen LogP contribution in [0.15, 0.2) is 24.3 Å². The molecule has 70 valence electrons. The molecule has 5 nitrogen and oxygen atoms in total. The number of benzene rings is 1. The lowest BCUT2D eigenvalue weighted by atomic mass is 10.2. The average molecular weight is 188 g/mol. The highest BCUT2D eigenvalue weighted by molar-refractivity contribution is 5.80. The first-order valence-corrected chi connectivity index (χ1v) is 4.12. The predicted octanol–water partition coefficient (Wildman–Crippen LogP) is 0.783. The van der Waals surface area contributed by atoms with E-state index >= 15 is 0 Å². The van der Waals surface area contributed by atoms with Gasteiger partial charge in [0, 0.05) is 5.56 Å². The fourth-order valence-electron chi connectivity index (χ4n) is 1.23. The molecule has 0 saturated carbocycles. The number of tetrazole rings is 1. The quantitative estimate of drug-likeness (QED) is 0.653. The second-order valence-corrected chi connectivity index (χ2v) is 2.81. The van der Waals surface area contributed by atoms with E-state index in [2.05, 4.69) is 15.5 Å². The van der Waals surface area contributed by atoms with Gasteiger partial charge in [-0.05, 0) is 29.5 Å². The van der Waals surface area contributed by atoms with E-state index in [1.807, 2.05) is 6.07 Å². The van der Waals surface area contributed by atoms with E-state index in [-0.39, 0.29) is 0 Å². The molecule has 0 saturated heterocycles. The van der Waals surface area contributed by atoms with Crippen molar-refractivity contribution in [2.75, 3.05) is 0 Å². The maximum atomic E-state index is 10.8. The van der Waals surface area contributed by atoms with E-state index in [1.54, 1.807) is 25.1 Å². The molecule has 0 fully saturated rings. The Morgan fingerprint density at radius 3 is 2.79 bits per heavy atom. The Kier molecular flexibility index (Phi) is 2.06. The molecule has 0 bridgehead atoms. The molecule has 0 N–H and O–H groups in total. The SMILES string of the molecule is Cc1nnnn1-c1ccccc1C=O. The standard InChI is InChI=1S/C9H8N4O/c1-7-10-11-12-13(7)9-5-3-2-4-8(9)6-14/h2-6H,1H3. The van der Waals surface area contributed by atoms with E-state index in [1.165, 1.54) is 4.68 Å². The smallest absolute Gasteiger partial charge is 0.153 e. The van der Waals surface area contributed by atoms with Crippen LogP contribution in [0.1, 0.15) is 16.2 Å². The van der Waals surface area contributed by atoms with Crippen LogP contribution in [-0.4, -0.2) is 26.5 Å². The van der Waals surface area contributed by atoms with Crippen LogP contribution in [0.2, 0.25) is 0 Å². The maximum absolute atomic E-state index is 10.8. The Balaban J connectivity index is 2.62. The molecule has 5 heteroatoms. The van der Waals surface area contributed by atoms with Crippen LogP contribution < -0.4 is 0 Å². The molecule has 0 atom stereocenters. The summed E-state index contributed by atoms with van der Waals surface area (Å²) in [6.07, 6.45) is 0.788. The molecular weight excluding hydrogens is 180 g/mol. The number of carbonyl (C=O) groups excluding carboxylic acids is 1. The van der Waals surface area contributed by atoms with Gasteiger partial charge in [-0.2, -0.15) is 4.68 Å². The molecule has 0 aliphatic heterocycles. The molecule has 14 heavy (non-hydrogen) atoms. The molecule has 1 aromatic heterocycles. The van der Waals surface area contributed by atoms with Crippen LogP contribution in [0.4, 0.5) is 0 Å². The summed E-state index contributed by atoms with van der Waals surface area (Å²) in [5.74, 6) is 0.652. The molecule has 1 aromatic carbocycles. The van der Waals surface area contributed by atoms with Crippen LogP contribution in [-0.2, 0) is 0 Å². The summed E-state index contributed by atoms with van der Waals surface area (Å²) in [6.45, 7) is 1.78. The number of para-hydroxylation sites is 1. The van der Waals surface area contributed by atoms with Crippen LogP contribution in [0.3, 0.4) is 0 Å². The van der Waals surface area contributed by atoms with Crippen LogP contribution in [0, 0.1) is 6.92 Å². The number of aryl methyl sites for hydroxylation is 1. The van der Waals surface area contributed by atoms with Crippen molar-refractivity contribution < 1.29 is 4.79 Å². The minimum Gasteiger partial charge on any atom is -0.298 e. The molecule has 0 radical (unpaired) electrons.